The van der Waals surface area contributed by atoms with Gasteiger partial charge in [0.25, 0.3) is 0 Å². The third-order valence-electron chi connectivity index (χ3n) is 3.97. The van der Waals surface area contributed by atoms with Crippen molar-refractivity contribution in [3.05, 3.63) is 63.1 Å². The number of benzene rings is 2. The maximum absolute atomic E-state index is 11.5. The van der Waals surface area contributed by atoms with Crippen LogP contribution in [0, 0.1) is 5.92 Å². The SMILES string of the molecule is C[C@@H]1C(C(=O)O)=NN(c2ccc(Cl)cc2Cl)[C@H]1c1ccc(Cl)cc1. The van der Waals surface area contributed by atoms with Crippen LogP contribution in [-0.2, 0) is 4.79 Å². The number of aliphatic carboxylic acids is 1. The fourth-order valence-corrected chi connectivity index (χ4v) is 3.45. The first-order valence-electron chi connectivity index (χ1n) is 7.20. The van der Waals surface area contributed by atoms with Gasteiger partial charge >= 0.3 is 5.97 Å². The minimum absolute atomic E-state index is 0.0842. The summed E-state index contributed by atoms with van der Waals surface area (Å²) in [4.78, 5) is 11.5. The standard InChI is InChI=1S/C17H13Cl3N2O2/c1-9-15(17(23)24)21-22(14-7-6-12(19)8-13(14)20)16(9)10-2-4-11(18)5-3-10/h2-9,16H,1H3,(H,23,24)/t9-,16-/m1/s1. The van der Waals surface area contributed by atoms with Crippen LogP contribution in [0.4, 0.5) is 5.69 Å². The fourth-order valence-electron chi connectivity index (χ4n) is 2.83. The number of carboxylic acids is 1. The van der Waals surface area contributed by atoms with Crippen molar-refractivity contribution in [3.8, 4) is 0 Å². The summed E-state index contributed by atoms with van der Waals surface area (Å²) in [5, 5.41) is 16.9. The van der Waals surface area contributed by atoms with E-state index in [0.717, 1.165) is 5.56 Å². The van der Waals surface area contributed by atoms with Crippen molar-refractivity contribution in [3.63, 3.8) is 0 Å². The monoisotopic (exact) mass is 382 g/mol. The molecule has 2 aromatic rings. The van der Waals surface area contributed by atoms with Crippen LogP contribution in [0.25, 0.3) is 0 Å². The lowest BCUT2D eigenvalue weighted by molar-refractivity contribution is -0.129. The van der Waals surface area contributed by atoms with E-state index in [4.69, 9.17) is 34.8 Å². The van der Waals surface area contributed by atoms with Gasteiger partial charge in [-0.3, -0.25) is 5.01 Å². The molecule has 0 aromatic heterocycles. The molecule has 0 amide bonds. The molecule has 3 rings (SSSR count). The van der Waals surface area contributed by atoms with Gasteiger partial charge in [-0.15, -0.1) is 0 Å². The summed E-state index contributed by atoms with van der Waals surface area (Å²) in [7, 11) is 0. The Kier molecular flexibility index (Phi) is 4.72. The number of halogens is 3. The van der Waals surface area contributed by atoms with Crippen molar-refractivity contribution in [2.24, 2.45) is 11.0 Å². The van der Waals surface area contributed by atoms with E-state index >= 15 is 0 Å². The molecule has 0 unspecified atom stereocenters. The molecule has 0 saturated carbocycles. The first kappa shape index (κ1) is 17.1. The fraction of sp³-hybridized carbons (Fsp3) is 0.176. The van der Waals surface area contributed by atoms with Crippen molar-refractivity contribution in [2.45, 2.75) is 13.0 Å². The molecule has 0 saturated heterocycles. The van der Waals surface area contributed by atoms with Gasteiger partial charge in [-0.1, -0.05) is 53.9 Å². The lowest BCUT2D eigenvalue weighted by atomic mass is 9.91. The van der Waals surface area contributed by atoms with E-state index in [1.807, 2.05) is 19.1 Å². The van der Waals surface area contributed by atoms with Crippen LogP contribution >= 0.6 is 34.8 Å². The Balaban J connectivity index is 2.11. The van der Waals surface area contributed by atoms with Crippen LogP contribution in [0.5, 0.6) is 0 Å². The quantitative estimate of drug-likeness (QED) is 0.784. The minimum Gasteiger partial charge on any atom is -0.477 e. The van der Waals surface area contributed by atoms with Gasteiger partial charge in [-0.2, -0.15) is 5.10 Å². The van der Waals surface area contributed by atoms with E-state index in [9.17, 15) is 9.90 Å². The summed E-state index contributed by atoms with van der Waals surface area (Å²) in [6, 6.07) is 12.0. The lowest BCUT2D eigenvalue weighted by Crippen LogP contribution is -2.26. The molecule has 4 nitrogen and oxygen atoms in total. The number of hydrazone groups is 1. The molecule has 0 radical (unpaired) electrons. The maximum atomic E-state index is 11.5. The van der Waals surface area contributed by atoms with Gasteiger partial charge in [0.2, 0.25) is 0 Å². The van der Waals surface area contributed by atoms with Crippen molar-refractivity contribution in [2.75, 3.05) is 5.01 Å². The van der Waals surface area contributed by atoms with E-state index < -0.39 is 5.97 Å². The van der Waals surface area contributed by atoms with E-state index in [2.05, 4.69) is 5.10 Å². The number of hydrogen-bond donors (Lipinski definition) is 1. The smallest absolute Gasteiger partial charge is 0.352 e. The third kappa shape index (κ3) is 3.09. The molecule has 124 valence electrons. The highest BCUT2D eigenvalue weighted by molar-refractivity contribution is 6.38. The normalized spacial score (nSPS) is 20.2. The molecular weight excluding hydrogens is 371 g/mol. The highest BCUT2D eigenvalue weighted by Gasteiger charge is 2.39. The Labute approximate surface area is 154 Å². The Morgan fingerprint density at radius 2 is 1.71 bits per heavy atom. The molecule has 2 atom stereocenters. The van der Waals surface area contributed by atoms with Gasteiger partial charge in [0, 0.05) is 16.0 Å². The second kappa shape index (κ2) is 6.63. The van der Waals surface area contributed by atoms with Gasteiger partial charge in [-0.05, 0) is 35.9 Å². The molecule has 0 spiro atoms. The first-order valence-corrected chi connectivity index (χ1v) is 8.33. The topological polar surface area (TPSA) is 52.9 Å². The summed E-state index contributed by atoms with van der Waals surface area (Å²) in [6.45, 7) is 1.83. The number of hydrogen-bond acceptors (Lipinski definition) is 3. The highest BCUT2D eigenvalue weighted by Crippen LogP contribution is 2.42. The van der Waals surface area contributed by atoms with Crippen molar-refractivity contribution >= 4 is 52.2 Å². The predicted octanol–water partition coefficient (Wildman–Crippen LogP) is 5.28. The Hall–Kier alpha value is -1.75. The summed E-state index contributed by atoms with van der Waals surface area (Å²) in [6.07, 6.45) is 0. The second-order valence-corrected chi connectivity index (χ2v) is 6.80. The Bertz CT molecular complexity index is 821. The zero-order chi connectivity index (χ0) is 17.4. The van der Waals surface area contributed by atoms with Crippen LogP contribution in [0.2, 0.25) is 15.1 Å². The average molecular weight is 384 g/mol. The zero-order valence-electron chi connectivity index (χ0n) is 12.6. The summed E-state index contributed by atoms with van der Waals surface area (Å²) >= 11 is 18.2. The number of anilines is 1. The molecule has 2 aromatic carbocycles. The number of nitrogens with zero attached hydrogens (tertiary/aromatic N) is 2. The van der Waals surface area contributed by atoms with Gasteiger partial charge < -0.3 is 5.11 Å². The van der Waals surface area contributed by atoms with E-state index in [1.165, 1.54) is 0 Å². The Morgan fingerprint density at radius 3 is 2.29 bits per heavy atom. The molecule has 1 heterocycles. The molecule has 7 heteroatoms. The predicted molar refractivity (Wildman–Crippen MR) is 97.4 cm³/mol. The molecule has 1 aliphatic rings. The summed E-state index contributed by atoms with van der Waals surface area (Å²) < 4.78 is 0. The van der Waals surface area contributed by atoms with Crippen LogP contribution in [0.3, 0.4) is 0 Å². The number of carbonyl (C=O) groups is 1. The van der Waals surface area contributed by atoms with E-state index in [-0.39, 0.29) is 17.7 Å². The van der Waals surface area contributed by atoms with Crippen LogP contribution in [0.1, 0.15) is 18.5 Å². The van der Waals surface area contributed by atoms with Gasteiger partial charge in [0.05, 0.1) is 16.8 Å². The highest BCUT2D eigenvalue weighted by atomic mass is 35.5. The summed E-state index contributed by atoms with van der Waals surface area (Å²) in [5.74, 6) is -1.37. The number of carboxylic acid groups (broad SMARTS) is 1. The first-order chi connectivity index (χ1) is 11.4. The lowest BCUT2D eigenvalue weighted by Gasteiger charge is -2.27. The molecule has 1 N–H and O–H groups in total. The van der Waals surface area contributed by atoms with E-state index in [1.54, 1.807) is 35.3 Å². The van der Waals surface area contributed by atoms with Crippen LogP contribution in [-0.4, -0.2) is 16.8 Å². The molecule has 1 aliphatic heterocycles. The van der Waals surface area contributed by atoms with E-state index in [0.29, 0.717) is 20.8 Å². The van der Waals surface area contributed by atoms with Crippen LogP contribution < -0.4 is 5.01 Å². The van der Waals surface area contributed by atoms with Crippen LogP contribution in [0.15, 0.2) is 47.6 Å². The maximum Gasteiger partial charge on any atom is 0.352 e. The molecule has 24 heavy (non-hydrogen) atoms. The molecular formula is C17H13Cl3N2O2. The average Bonchev–Trinajstić information content (AvgIpc) is 2.86. The zero-order valence-corrected chi connectivity index (χ0v) is 14.8. The van der Waals surface area contributed by atoms with Crippen molar-refractivity contribution < 1.29 is 9.90 Å². The Morgan fingerprint density at radius 1 is 1.08 bits per heavy atom. The van der Waals surface area contributed by atoms with Gasteiger partial charge in [0.1, 0.15) is 0 Å². The van der Waals surface area contributed by atoms with Gasteiger partial charge in [-0.25, -0.2) is 4.79 Å². The largest absolute Gasteiger partial charge is 0.477 e. The number of rotatable bonds is 3. The molecule has 0 aliphatic carbocycles. The molecule has 0 bridgehead atoms. The molecule has 0 fully saturated rings. The third-order valence-corrected chi connectivity index (χ3v) is 4.76. The summed E-state index contributed by atoms with van der Waals surface area (Å²) in [5.41, 5.74) is 1.59. The minimum atomic E-state index is -1.05. The van der Waals surface area contributed by atoms with Crippen molar-refractivity contribution in [1.29, 1.82) is 0 Å². The van der Waals surface area contributed by atoms with Crippen molar-refractivity contribution in [1.82, 2.24) is 0 Å². The second-order valence-electron chi connectivity index (χ2n) is 5.52. The van der Waals surface area contributed by atoms with Gasteiger partial charge in [0.15, 0.2) is 5.71 Å².